The number of carbonyl (C=O) groups excluding carboxylic acids is 1. The molecule has 8 heteroatoms. The van der Waals surface area contributed by atoms with Crippen molar-refractivity contribution in [2.24, 2.45) is 0 Å². The molecule has 0 bridgehead atoms. The van der Waals surface area contributed by atoms with Gasteiger partial charge in [0.25, 0.3) is 0 Å². The molecule has 1 aromatic heterocycles. The highest BCUT2D eigenvalue weighted by Crippen LogP contribution is 2.21. The molecule has 0 aliphatic carbocycles. The molecule has 0 atom stereocenters. The highest BCUT2D eigenvalue weighted by molar-refractivity contribution is 9.10. The van der Waals surface area contributed by atoms with Crippen molar-refractivity contribution in [1.82, 2.24) is 14.8 Å². The van der Waals surface area contributed by atoms with Gasteiger partial charge >= 0.3 is 5.97 Å². The molecular formula is C11H9BrN4O3. The molecule has 0 aliphatic heterocycles. The second-order valence-electron chi connectivity index (χ2n) is 3.64. The molecular weight excluding hydrogens is 316 g/mol. The number of nitrogens with one attached hydrogen (secondary N) is 1. The summed E-state index contributed by atoms with van der Waals surface area (Å²) in [6.45, 7) is -0.0326. The van der Waals surface area contributed by atoms with Crippen LogP contribution in [0.15, 0.2) is 35.3 Å². The van der Waals surface area contributed by atoms with Gasteiger partial charge in [-0.1, -0.05) is 15.9 Å². The molecule has 1 aromatic carbocycles. The van der Waals surface area contributed by atoms with Crippen LogP contribution in [0.4, 0.5) is 5.69 Å². The van der Waals surface area contributed by atoms with Gasteiger partial charge in [0.15, 0.2) is 0 Å². The maximum atomic E-state index is 11.7. The summed E-state index contributed by atoms with van der Waals surface area (Å²) in [5.74, 6) is -1.49. The number of nitrogens with zero attached hydrogens (tertiary/aromatic N) is 3. The molecule has 7 nitrogen and oxygen atoms in total. The van der Waals surface area contributed by atoms with Crippen molar-refractivity contribution in [1.29, 1.82) is 0 Å². The van der Waals surface area contributed by atoms with E-state index in [9.17, 15) is 9.59 Å². The Morgan fingerprint density at radius 1 is 1.42 bits per heavy atom. The third kappa shape index (κ3) is 3.38. The van der Waals surface area contributed by atoms with E-state index in [-0.39, 0.29) is 23.7 Å². The van der Waals surface area contributed by atoms with E-state index >= 15 is 0 Å². The van der Waals surface area contributed by atoms with E-state index in [2.05, 4.69) is 31.3 Å². The fourth-order valence-electron chi connectivity index (χ4n) is 1.45. The van der Waals surface area contributed by atoms with Gasteiger partial charge in [0.05, 0.1) is 11.3 Å². The van der Waals surface area contributed by atoms with Crippen molar-refractivity contribution in [2.45, 2.75) is 6.54 Å². The van der Waals surface area contributed by atoms with Crippen LogP contribution < -0.4 is 5.32 Å². The lowest BCUT2D eigenvalue weighted by Crippen LogP contribution is -2.20. The Balaban J connectivity index is 2.14. The summed E-state index contributed by atoms with van der Waals surface area (Å²) in [7, 11) is 0. The van der Waals surface area contributed by atoms with Crippen LogP contribution in [0.5, 0.6) is 0 Å². The number of benzene rings is 1. The van der Waals surface area contributed by atoms with E-state index in [0.29, 0.717) is 4.47 Å². The van der Waals surface area contributed by atoms with Crippen molar-refractivity contribution >= 4 is 33.5 Å². The van der Waals surface area contributed by atoms with Crippen LogP contribution >= 0.6 is 15.9 Å². The van der Waals surface area contributed by atoms with Crippen molar-refractivity contribution in [2.75, 3.05) is 5.32 Å². The largest absolute Gasteiger partial charge is 0.478 e. The number of aromatic carboxylic acids is 1. The minimum Gasteiger partial charge on any atom is -0.478 e. The molecule has 0 radical (unpaired) electrons. The zero-order valence-corrected chi connectivity index (χ0v) is 11.2. The molecule has 0 spiro atoms. The Morgan fingerprint density at radius 2 is 2.21 bits per heavy atom. The highest BCUT2D eigenvalue weighted by Gasteiger charge is 2.13. The predicted molar refractivity (Wildman–Crippen MR) is 69.8 cm³/mol. The van der Waals surface area contributed by atoms with Gasteiger partial charge in [0.1, 0.15) is 19.2 Å². The van der Waals surface area contributed by atoms with Gasteiger partial charge in [0, 0.05) is 4.47 Å². The summed E-state index contributed by atoms with van der Waals surface area (Å²) >= 11 is 3.18. The lowest BCUT2D eigenvalue weighted by molar-refractivity contribution is -0.116. The molecule has 98 valence electrons. The lowest BCUT2D eigenvalue weighted by atomic mass is 10.2. The fraction of sp³-hybridized carbons (Fsp3) is 0.0909. The van der Waals surface area contributed by atoms with Gasteiger partial charge in [-0.25, -0.2) is 14.5 Å². The Bertz CT molecular complexity index is 612. The highest BCUT2D eigenvalue weighted by atomic mass is 79.9. The molecule has 2 N–H and O–H groups in total. The molecule has 0 fully saturated rings. The number of amides is 1. The maximum Gasteiger partial charge on any atom is 0.337 e. The maximum absolute atomic E-state index is 11.7. The SMILES string of the molecule is O=C(Cn1cncn1)Nc1ccc(Br)cc1C(=O)O. The quantitative estimate of drug-likeness (QED) is 0.885. The summed E-state index contributed by atoms with van der Waals surface area (Å²) < 4.78 is 1.97. The minimum atomic E-state index is -1.11. The second kappa shape index (κ2) is 5.61. The third-order valence-electron chi connectivity index (χ3n) is 2.26. The smallest absolute Gasteiger partial charge is 0.337 e. The van der Waals surface area contributed by atoms with Crippen LogP contribution in [-0.4, -0.2) is 31.7 Å². The summed E-state index contributed by atoms with van der Waals surface area (Å²) in [6.07, 6.45) is 2.72. The Morgan fingerprint density at radius 3 is 2.84 bits per heavy atom. The predicted octanol–water partition coefficient (Wildman–Crippen LogP) is 1.38. The Kier molecular flexibility index (Phi) is 3.91. The number of hydrogen-bond acceptors (Lipinski definition) is 4. The summed E-state index contributed by atoms with van der Waals surface area (Å²) in [4.78, 5) is 26.5. The number of carboxylic acids is 1. The first-order valence-corrected chi connectivity index (χ1v) is 6.00. The molecule has 19 heavy (non-hydrogen) atoms. The molecule has 0 saturated heterocycles. The molecule has 2 rings (SSSR count). The van der Waals surface area contributed by atoms with Crippen molar-refractivity contribution < 1.29 is 14.7 Å². The standard InChI is InChI=1S/C11H9BrN4O3/c12-7-1-2-9(8(3-7)11(18)19)15-10(17)4-16-6-13-5-14-16/h1-3,5-6H,4H2,(H,15,17)(H,18,19). The van der Waals surface area contributed by atoms with Gasteiger partial charge < -0.3 is 10.4 Å². The van der Waals surface area contributed by atoms with Crippen molar-refractivity contribution in [3.8, 4) is 0 Å². The molecule has 0 unspecified atom stereocenters. The number of halogens is 1. The van der Waals surface area contributed by atoms with Crippen LogP contribution in [0.2, 0.25) is 0 Å². The number of carboxylic acid groups (broad SMARTS) is 1. The van der Waals surface area contributed by atoms with E-state index in [1.165, 1.54) is 29.5 Å². The van der Waals surface area contributed by atoms with Crippen LogP contribution in [0.1, 0.15) is 10.4 Å². The third-order valence-corrected chi connectivity index (χ3v) is 2.75. The van der Waals surface area contributed by atoms with E-state index < -0.39 is 5.97 Å². The van der Waals surface area contributed by atoms with Crippen molar-refractivity contribution in [3.63, 3.8) is 0 Å². The first-order chi connectivity index (χ1) is 9.06. The lowest BCUT2D eigenvalue weighted by Gasteiger charge is -2.08. The van der Waals surface area contributed by atoms with Crippen LogP contribution in [0.25, 0.3) is 0 Å². The van der Waals surface area contributed by atoms with Gasteiger partial charge in [-0.05, 0) is 18.2 Å². The van der Waals surface area contributed by atoms with E-state index in [0.717, 1.165) is 0 Å². The first kappa shape index (κ1) is 13.2. The molecule has 0 aliphatic rings. The van der Waals surface area contributed by atoms with E-state index in [4.69, 9.17) is 5.11 Å². The van der Waals surface area contributed by atoms with E-state index in [1.54, 1.807) is 6.07 Å². The molecule has 1 heterocycles. The number of anilines is 1. The monoisotopic (exact) mass is 324 g/mol. The molecule has 0 saturated carbocycles. The zero-order valence-electron chi connectivity index (χ0n) is 9.58. The topological polar surface area (TPSA) is 97.1 Å². The molecule has 2 aromatic rings. The van der Waals surface area contributed by atoms with Crippen LogP contribution in [-0.2, 0) is 11.3 Å². The normalized spacial score (nSPS) is 10.2. The van der Waals surface area contributed by atoms with E-state index in [1.807, 2.05) is 0 Å². The summed E-state index contributed by atoms with van der Waals surface area (Å²) in [5, 5.41) is 15.4. The first-order valence-electron chi connectivity index (χ1n) is 5.21. The van der Waals surface area contributed by atoms with Crippen molar-refractivity contribution in [3.05, 3.63) is 40.9 Å². The second-order valence-corrected chi connectivity index (χ2v) is 4.55. The van der Waals surface area contributed by atoms with Crippen LogP contribution in [0, 0.1) is 0 Å². The molecule has 1 amide bonds. The number of carbonyl (C=O) groups is 2. The fourth-order valence-corrected chi connectivity index (χ4v) is 1.81. The number of aromatic nitrogens is 3. The van der Waals surface area contributed by atoms with Gasteiger partial charge in [-0.15, -0.1) is 0 Å². The zero-order chi connectivity index (χ0) is 13.8. The minimum absolute atomic E-state index is 0.0151. The Labute approximate surface area is 116 Å². The van der Waals surface area contributed by atoms with Gasteiger partial charge in [0.2, 0.25) is 5.91 Å². The average molecular weight is 325 g/mol. The summed E-state index contributed by atoms with van der Waals surface area (Å²) in [6, 6.07) is 4.59. The van der Waals surface area contributed by atoms with Gasteiger partial charge in [-0.2, -0.15) is 5.10 Å². The van der Waals surface area contributed by atoms with Crippen LogP contribution in [0.3, 0.4) is 0 Å². The Hall–Kier alpha value is -2.22. The summed E-state index contributed by atoms with van der Waals surface area (Å²) in [5.41, 5.74) is 0.252. The van der Waals surface area contributed by atoms with Gasteiger partial charge in [-0.3, -0.25) is 4.79 Å². The number of hydrogen-bond donors (Lipinski definition) is 2. The average Bonchev–Trinajstić information content (AvgIpc) is 2.83. The number of rotatable bonds is 4.